The highest BCUT2D eigenvalue weighted by Gasteiger charge is 2.40. The molecule has 1 N–H and O–H groups in total. The van der Waals surface area contributed by atoms with Crippen molar-refractivity contribution in [1.82, 2.24) is 14.7 Å². The zero-order valence-corrected chi connectivity index (χ0v) is 12.8. The number of pyridine rings is 1. The number of hydrogen-bond acceptors (Lipinski definition) is 2. The van der Waals surface area contributed by atoms with Crippen molar-refractivity contribution in [2.24, 2.45) is 11.8 Å². The summed E-state index contributed by atoms with van der Waals surface area (Å²) in [7, 11) is 0. The van der Waals surface area contributed by atoms with Crippen molar-refractivity contribution in [1.29, 1.82) is 0 Å². The molecule has 0 aliphatic heterocycles. The minimum atomic E-state index is -0.657. The fourth-order valence-corrected chi connectivity index (χ4v) is 4.27. The Morgan fingerprint density at radius 1 is 1.32 bits per heavy atom. The van der Waals surface area contributed by atoms with Gasteiger partial charge in [-0.3, -0.25) is 9.20 Å². The van der Waals surface area contributed by atoms with E-state index >= 15 is 0 Å². The molecule has 6 heteroatoms. The van der Waals surface area contributed by atoms with E-state index in [2.05, 4.69) is 10.3 Å². The minimum Gasteiger partial charge on any atom is -0.348 e. The molecule has 2 aliphatic carbocycles. The van der Waals surface area contributed by atoms with Crippen molar-refractivity contribution in [3.63, 3.8) is 0 Å². The van der Waals surface area contributed by atoms with Crippen molar-refractivity contribution in [3.05, 3.63) is 35.0 Å². The van der Waals surface area contributed by atoms with E-state index in [9.17, 15) is 9.18 Å². The predicted octanol–water partition coefficient (Wildman–Crippen LogP) is 3.44. The molecule has 4 nitrogen and oxygen atoms in total. The van der Waals surface area contributed by atoms with Gasteiger partial charge in [-0.05, 0) is 43.2 Å². The molecule has 2 saturated carbocycles. The molecule has 2 aromatic rings. The van der Waals surface area contributed by atoms with Gasteiger partial charge in [0, 0.05) is 12.2 Å². The average Bonchev–Trinajstić information content (AvgIpc) is 3.17. The molecule has 4 rings (SSSR count). The van der Waals surface area contributed by atoms with E-state index in [-0.39, 0.29) is 11.7 Å². The Kier molecular flexibility index (Phi) is 3.33. The second kappa shape index (κ2) is 5.23. The summed E-state index contributed by atoms with van der Waals surface area (Å²) < 4.78 is 15.6. The van der Waals surface area contributed by atoms with Crippen LogP contribution in [0.5, 0.6) is 0 Å². The highest BCUT2D eigenvalue weighted by atomic mass is 35.5. The Balaban J connectivity index is 1.59. The summed E-state index contributed by atoms with van der Waals surface area (Å²) in [4.78, 5) is 16.5. The molecule has 0 radical (unpaired) electrons. The number of imidazole rings is 1. The Hall–Kier alpha value is -1.62. The highest BCUT2D eigenvalue weighted by molar-refractivity contribution is 6.30. The molecule has 3 atom stereocenters. The minimum absolute atomic E-state index is 0.149. The van der Waals surface area contributed by atoms with Crippen LogP contribution in [0.3, 0.4) is 0 Å². The van der Waals surface area contributed by atoms with Gasteiger partial charge >= 0.3 is 0 Å². The molecule has 0 aromatic carbocycles. The fourth-order valence-electron chi connectivity index (χ4n) is 4.11. The molecule has 2 aliphatic rings. The van der Waals surface area contributed by atoms with Crippen LogP contribution in [0.1, 0.15) is 42.6 Å². The lowest BCUT2D eigenvalue weighted by atomic mass is 9.97. The molecule has 116 valence electrons. The van der Waals surface area contributed by atoms with Gasteiger partial charge in [-0.2, -0.15) is 4.39 Å². The topological polar surface area (TPSA) is 46.4 Å². The SMILES string of the molecule is O=C(N[C@@H]1CC[C@H]2CCC[C@H]21)c1nc2ccc(Cl)cn2c1F. The number of nitrogens with one attached hydrogen (secondary N) is 1. The Morgan fingerprint density at radius 2 is 2.18 bits per heavy atom. The number of halogens is 2. The largest absolute Gasteiger partial charge is 0.348 e. The van der Waals surface area contributed by atoms with Crippen LogP contribution in [0.15, 0.2) is 18.3 Å². The van der Waals surface area contributed by atoms with Gasteiger partial charge in [0.1, 0.15) is 5.65 Å². The van der Waals surface area contributed by atoms with Crippen molar-refractivity contribution < 1.29 is 9.18 Å². The molecule has 2 heterocycles. The van der Waals surface area contributed by atoms with Crippen LogP contribution in [0.4, 0.5) is 4.39 Å². The number of hydrogen-bond donors (Lipinski definition) is 1. The van der Waals surface area contributed by atoms with Gasteiger partial charge in [0.25, 0.3) is 5.91 Å². The Morgan fingerprint density at radius 3 is 3.05 bits per heavy atom. The van der Waals surface area contributed by atoms with Gasteiger partial charge in [0.2, 0.25) is 5.95 Å². The number of rotatable bonds is 2. The summed E-state index contributed by atoms with van der Waals surface area (Å²) in [6.45, 7) is 0. The van der Waals surface area contributed by atoms with E-state index in [0.717, 1.165) is 12.3 Å². The van der Waals surface area contributed by atoms with E-state index in [4.69, 9.17) is 11.6 Å². The van der Waals surface area contributed by atoms with Gasteiger partial charge in [0.15, 0.2) is 5.69 Å². The summed E-state index contributed by atoms with van der Waals surface area (Å²) in [5, 5.41) is 3.40. The molecule has 0 saturated heterocycles. The second-order valence-electron chi connectivity index (χ2n) is 6.34. The van der Waals surface area contributed by atoms with E-state index in [1.165, 1.54) is 36.3 Å². The summed E-state index contributed by atoms with van der Waals surface area (Å²) in [5.74, 6) is 0.208. The fraction of sp³-hybridized carbons (Fsp3) is 0.500. The number of aromatic nitrogens is 2. The lowest BCUT2D eigenvalue weighted by Crippen LogP contribution is -2.38. The first-order chi connectivity index (χ1) is 10.6. The maximum Gasteiger partial charge on any atom is 0.274 e. The van der Waals surface area contributed by atoms with E-state index in [0.29, 0.717) is 16.6 Å². The molecule has 1 amide bonds. The van der Waals surface area contributed by atoms with Gasteiger partial charge in [-0.15, -0.1) is 0 Å². The summed E-state index contributed by atoms with van der Waals surface area (Å²) >= 11 is 5.86. The first-order valence-corrected chi connectivity index (χ1v) is 8.15. The van der Waals surface area contributed by atoms with Crippen molar-refractivity contribution in [2.75, 3.05) is 0 Å². The standard InChI is InChI=1S/C16H17ClFN3O/c17-10-5-7-13-20-14(15(18)21(13)8-10)16(22)19-12-6-4-9-2-1-3-11(9)12/h5,7-9,11-12H,1-4,6H2,(H,19,22)/t9-,11-,12-/m1/s1. The number of carbonyl (C=O) groups excluding carboxylic acids is 1. The van der Waals surface area contributed by atoms with E-state index < -0.39 is 11.9 Å². The molecular formula is C16H17ClFN3O. The summed E-state index contributed by atoms with van der Waals surface area (Å²) in [6, 6.07) is 3.39. The highest BCUT2D eigenvalue weighted by Crippen LogP contribution is 2.44. The molecular weight excluding hydrogens is 305 g/mol. The third-order valence-electron chi connectivity index (χ3n) is 5.14. The lowest BCUT2D eigenvalue weighted by molar-refractivity contribution is 0.0917. The second-order valence-corrected chi connectivity index (χ2v) is 6.78. The van der Waals surface area contributed by atoms with Crippen LogP contribution < -0.4 is 5.32 Å². The first kappa shape index (κ1) is 14.0. The summed E-state index contributed by atoms with van der Waals surface area (Å²) in [5.41, 5.74) is 0.237. The maximum absolute atomic E-state index is 14.4. The quantitative estimate of drug-likeness (QED) is 0.921. The third-order valence-corrected chi connectivity index (χ3v) is 5.36. The number of nitrogens with zero attached hydrogens (tertiary/aromatic N) is 2. The molecule has 22 heavy (non-hydrogen) atoms. The van der Waals surface area contributed by atoms with Crippen LogP contribution in [-0.2, 0) is 0 Å². The molecule has 0 bridgehead atoms. The molecule has 0 spiro atoms. The van der Waals surface area contributed by atoms with Crippen LogP contribution in [-0.4, -0.2) is 21.3 Å². The van der Waals surface area contributed by atoms with Crippen molar-refractivity contribution in [3.8, 4) is 0 Å². The number of carbonyl (C=O) groups is 1. The summed E-state index contributed by atoms with van der Waals surface area (Å²) in [6.07, 6.45) is 7.25. The third kappa shape index (κ3) is 2.19. The van der Waals surface area contributed by atoms with Crippen LogP contribution in [0, 0.1) is 17.8 Å². The van der Waals surface area contributed by atoms with Crippen molar-refractivity contribution in [2.45, 2.75) is 38.1 Å². The number of amides is 1. The normalized spacial score (nSPS) is 27.3. The average molecular weight is 322 g/mol. The predicted molar refractivity (Wildman–Crippen MR) is 81.5 cm³/mol. The molecule has 2 fully saturated rings. The van der Waals surface area contributed by atoms with Crippen LogP contribution in [0.25, 0.3) is 5.65 Å². The van der Waals surface area contributed by atoms with Crippen molar-refractivity contribution >= 4 is 23.2 Å². The molecule has 2 aromatic heterocycles. The smallest absolute Gasteiger partial charge is 0.274 e. The van der Waals surface area contributed by atoms with Crippen LogP contribution in [0.2, 0.25) is 5.02 Å². The number of fused-ring (bicyclic) bond motifs is 2. The Bertz CT molecular complexity index is 744. The van der Waals surface area contributed by atoms with Gasteiger partial charge in [-0.1, -0.05) is 24.4 Å². The zero-order valence-electron chi connectivity index (χ0n) is 12.1. The van der Waals surface area contributed by atoms with Gasteiger partial charge in [0.05, 0.1) is 5.02 Å². The van der Waals surface area contributed by atoms with Gasteiger partial charge < -0.3 is 5.32 Å². The van der Waals surface area contributed by atoms with E-state index in [1.54, 1.807) is 12.1 Å². The van der Waals surface area contributed by atoms with Gasteiger partial charge in [-0.25, -0.2) is 4.98 Å². The van der Waals surface area contributed by atoms with Crippen LogP contribution >= 0.6 is 11.6 Å². The monoisotopic (exact) mass is 321 g/mol. The van der Waals surface area contributed by atoms with E-state index in [1.807, 2.05) is 0 Å². The first-order valence-electron chi connectivity index (χ1n) is 7.77. The molecule has 0 unspecified atom stereocenters. The lowest BCUT2D eigenvalue weighted by Gasteiger charge is -2.19. The maximum atomic E-state index is 14.4. The zero-order chi connectivity index (χ0) is 15.3. The Labute approximate surface area is 132 Å².